The fourth-order valence-electron chi connectivity index (χ4n) is 4.62. The van der Waals surface area contributed by atoms with Crippen LogP contribution in [0.15, 0.2) is 118 Å². The number of nitrogens with zero attached hydrogens (tertiary/aromatic N) is 1. The summed E-state index contributed by atoms with van der Waals surface area (Å²) in [5, 5.41) is 10.3. The van der Waals surface area contributed by atoms with E-state index in [2.05, 4.69) is 134 Å². The van der Waals surface area contributed by atoms with Gasteiger partial charge in [-0.25, -0.2) is 0 Å². The van der Waals surface area contributed by atoms with E-state index in [1.807, 2.05) is 0 Å². The van der Waals surface area contributed by atoms with E-state index in [0.717, 1.165) is 77.4 Å². The number of hydrogen-bond acceptors (Lipinski definition) is 3. The molecule has 0 spiro atoms. The van der Waals surface area contributed by atoms with Crippen molar-refractivity contribution in [3.8, 4) is 0 Å². The molecular weight excluding hydrogens is 495 g/mol. The molecule has 1 saturated heterocycles. The zero-order valence-electron chi connectivity index (χ0n) is 25.3. The minimum absolute atomic E-state index is 0.704. The van der Waals surface area contributed by atoms with E-state index < -0.39 is 0 Å². The first-order valence-corrected chi connectivity index (χ1v) is 14.3. The molecule has 2 rings (SSSR count). The molecule has 0 aromatic rings. The highest BCUT2D eigenvalue weighted by Crippen LogP contribution is 2.25. The van der Waals surface area contributed by atoms with E-state index in [1.54, 1.807) is 0 Å². The van der Waals surface area contributed by atoms with Crippen LogP contribution >= 0.6 is 8.86 Å². The summed E-state index contributed by atoms with van der Waals surface area (Å²) >= 11 is 0. The van der Waals surface area contributed by atoms with Gasteiger partial charge in [-0.3, -0.25) is 5.32 Å². The van der Waals surface area contributed by atoms with Gasteiger partial charge in [0.05, 0.1) is 0 Å². The SMILES string of the molecule is C=C1NC(C)=CC(C)=C1CNC(=P)CC=C(/C=C(/C)C(=C)/C(C)=C\C)C(/C=C(\C)C(=C)N1CCNCC1)=C/C. The largest absolute Gasteiger partial charge is 0.369 e. The molecule has 4 nitrogen and oxygen atoms in total. The summed E-state index contributed by atoms with van der Waals surface area (Å²) in [6.45, 7) is 32.3. The van der Waals surface area contributed by atoms with Crippen LogP contribution in [0, 0.1) is 0 Å². The first kappa shape index (κ1) is 32.3. The summed E-state index contributed by atoms with van der Waals surface area (Å²) in [6.07, 6.45) is 13.9. The second-order valence-corrected chi connectivity index (χ2v) is 10.9. The lowest BCUT2D eigenvalue weighted by Crippen LogP contribution is -2.42. The van der Waals surface area contributed by atoms with Crippen molar-refractivity contribution in [1.82, 2.24) is 20.9 Å². The predicted molar refractivity (Wildman–Crippen MR) is 176 cm³/mol. The molecular formula is C34H49N4P. The van der Waals surface area contributed by atoms with E-state index in [0.29, 0.717) is 6.54 Å². The lowest BCUT2D eigenvalue weighted by Gasteiger charge is -2.31. The molecule has 0 aliphatic carbocycles. The average molecular weight is 545 g/mol. The van der Waals surface area contributed by atoms with Crippen LogP contribution in [0.1, 0.15) is 54.9 Å². The Morgan fingerprint density at radius 2 is 1.64 bits per heavy atom. The van der Waals surface area contributed by atoms with Crippen LogP contribution in [-0.2, 0) is 0 Å². The van der Waals surface area contributed by atoms with Gasteiger partial charge in [0.2, 0.25) is 0 Å². The monoisotopic (exact) mass is 544 g/mol. The number of nitrogens with one attached hydrogen (secondary N) is 3. The predicted octanol–water partition coefficient (Wildman–Crippen LogP) is 7.28. The Morgan fingerprint density at radius 3 is 2.23 bits per heavy atom. The van der Waals surface area contributed by atoms with Gasteiger partial charge in [0.1, 0.15) is 0 Å². The highest BCUT2D eigenvalue weighted by Gasteiger charge is 2.14. The van der Waals surface area contributed by atoms with Gasteiger partial charge in [-0.1, -0.05) is 44.0 Å². The highest BCUT2D eigenvalue weighted by molar-refractivity contribution is 7.20. The number of piperazine rings is 1. The summed E-state index contributed by atoms with van der Waals surface area (Å²) in [6, 6.07) is 0. The zero-order valence-corrected chi connectivity index (χ0v) is 26.3. The van der Waals surface area contributed by atoms with Crippen LogP contribution in [0.4, 0.5) is 0 Å². The van der Waals surface area contributed by atoms with Crippen LogP contribution in [0.5, 0.6) is 0 Å². The van der Waals surface area contributed by atoms with Crippen molar-refractivity contribution in [2.24, 2.45) is 0 Å². The number of allylic oxidation sites excluding steroid dienone is 13. The van der Waals surface area contributed by atoms with Crippen molar-refractivity contribution < 1.29 is 0 Å². The second-order valence-electron chi connectivity index (χ2n) is 10.3. The summed E-state index contributed by atoms with van der Waals surface area (Å²) < 4.78 is 0. The van der Waals surface area contributed by atoms with Crippen molar-refractivity contribution in [2.45, 2.75) is 54.9 Å². The standard InChI is InChI=1S/C34H49N4P/c1-11-23(3)28(8)24(4)20-32(31(12-2)21-25(5)30(10)38-17-15-35-16-18-38)13-14-34(39)36-22-33-26(6)19-27(7)37-29(33)9/h11-13,19-21,35-37,39H,8-10,14-18,22H2,1-7H3/b23-11-,24-20-,25-21+,31-12+,32-13?. The molecule has 3 N–H and O–H groups in total. The molecule has 0 atom stereocenters. The Labute approximate surface area is 240 Å². The Hall–Kier alpha value is -2.91. The molecule has 1 fully saturated rings. The van der Waals surface area contributed by atoms with Crippen molar-refractivity contribution in [3.05, 3.63) is 118 Å². The maximum Gasteiger partial charge on any atom is 0.0357 e. The lowest BCUT2D eigenvalue weighted by atomic mass is 9.94. The third-order valence-electron chi connectivity index (χ3n) is 7.35. The van der Waals surface area contributed by atoms with E-state index in [9.17, 15) is 0 Å². The van der Waals surface area contributed by atoms with Gasteiger partial charge in [-0.2, -0.15) is 0 Å². The summed E-state index contributed by atoms with van der Waals surface area (Å²) in [5.41, 5.74) is 13.5. The molecule has 210 valence electrons. The molecule has 0 radical (unpaired) electrons. The summed E-state index contributed by atoms with van der Waals surface area (Å²) in [7, 11) is 3.84. The molecule has 0 aromatic carbocycles. The maximum absolute atomic E-state index is 4.41. The smallest absolute Gasteiger partial charge is 0.0357 e. The molecule has 0 saturated carbocycles. The van der Waals surface area contributed by atoms with E-state index in [4.69, 9.17) is 0 Å². The maximum atomic E-state index is 4.41. The number of rotatable bonds is 12. The average Bonchev–Trinajstić information content (AvgIpc) is 2.92. The van der Waals surface area contributed by atoms with Crippen molar-refractivity contribution in [2.75, 3.05) is 32.7 Å². The molecule has 0 amide bonds. The van der Waals surface area contributed by atoms with Gasteiger partial charge in [-0.15, -0.1) is 8.86 Å². The normalized spacial score (nSPS) is 18.2. The van der Waals surface area contributed by atoms with Gasteiger partial charge >= 0.3 is 0 Å². The van der Waals surface area contributed by atoms with Gasteiger partial charge < -0.3 is 15.5 Å². The van der Waals surface area contributed by atoms with Gasteiger partial charge in [0.15, 0.2) is 0 Å². The van der Waals surface area contributed by atoms with E-state index in [-0.39, 0.29) is 0 Å². The molecule has 2 heterocycles. The van der Waals surface area contributed by atoms with Crippen LogP contribution < -0.4 is 16.0 Å². The van der Waals surface area contributed by atoms with Gasteiger partial charge in [0.25, 0.3) is 0 Å². The molecule has 2 aliphatic rings. The minimum Gasteiger partial charge on any atom is -0.369 e. The quantitative estimate of drug-likeness (QED) is 0.178. The third kappa shape index (κ3) is 9.65. The van der Waals surface area contributed by atoms with Crippen LogP contribution in [0.2, 0.25) is 0 Å². The Morgan fingerprint density at radius 1 is 1.00 bits per heavy atom. The highest BCUT2D eigenvalue weighted by atomic mass is 31.0. The van der Waals surface area contributed by atoms with Crippen molar-refractivity contribution in [1.29, 1.82) is 0 Å². The summed E-state index contributed by atoms with van der Waals surface area (Å²) in [4.78, 5) is 2.37. The van der Waals surface area contributed by atoms with Gasteiger partial charge in [0, 0.05) is 61.7 Å². The fourth-order valence-corrected chi connectivity index (χ4v) is 4.82. The Kier molecular flexibility index (Phi) is 12.9. The first-order valence-electron chi connectivity index (χ1n) is 13.8. The number of dihydropyridines is 1. The van der Waals surface area contributed by atoms with Crippen molar-refractivity contribution >= 4 is 14.3 Å². The van der Waals surface area contributed by atoms with E-state index >= 15 is 0 Å². The van der Waals surface area contributed by atoms with Crippen LogP contribution in [0.25, 0.3) is 0 Å². The topological polar surface area (TPSA) is 39.3 Å². The Bertz CT molecular complexity index is 1210. The molecule has 0 aromatic heterocycles. The van der Waals surface area contributed by atoms with Crippen LogP contribution in [0.3, 0.4) is 0 Å². The van der Waals surface area contributed by atoms with Crippen LogP contribution in [-0.4, -0.2) is 43.0 Å². The molecule has 0 unspecified atom stereocenters. The molecule has 5 heteroatoms. The van der Waals surface area contributed by atoms with Crippen molar-refractivity contribution in [3.63, 3.8) is 0 Å². The van der Waals surface area contributed by atoms with Gasteiger partial charge in [-0.05, 0) is 105 Å². The minimum atomic E-state index is 0.704. The third-order valence-corrected chi connectivity index (χ3v) is 7.73. The van der Waals surface area contributed by atoms with E-state index in [1.165, 1.54) is 22.3 Å². The first-order chi connectivity index (χ1) is 18.5. The fraction of sp³-hybridized carbons (Fsp3) is 0.382. The number of hydrogen-bond donors (Lipinski definition) is 3. The molecule has 39 heavy (non-hydrogen) atoms. The summed E-state index contributed by atoms with van der Waals surface area (Å²) in [5.74, 6) is 0. The molecule has 0 bridgehead atoms. The zero-order chi connectivity index (χ0) is 29.1. The second kappa shape index (κ2) is 15.6. The molecule has 2 aliphatic heterocycles. The lowest BCUT2D eigenvalue weighted by molar-refractivity contribution is 0.305. The Balaban J connectivity index is 2.31.